The highest BCUT2D eigenvalue weighted by Crippen LogP contribution is 2.27. The number of carbonyl (C=O) groups is 1. The van der Waals surface area contributed by atoms with Gasteiger partial charge in [-0.15, -0.1) is 0 Å². The second-order valence-electron chi connectivity index (χ2n) is 7.44. The van der Waals surface area contributed by atoms with Gasteiger partial charge in [-0.2, -0.15) is 0 Å². The molecule has 1 atom stereocenters. The molecule has 1 unspecified atom stereocenters. The van der Waals surface area contributed by atoms with Gasteiger partial charge in [0.25, 0.3) is 0 Å². The van der Waals surface area contributed by atoms with Crippen molar-refractivity contribution in [2.24, 2.45) is 5.41 Å². The maximum Gasteiger partial charge on any atom is 0.319 e. The summed E-state index contributed by atoms with van der Waals surface area (Å²) in [6.07, 6.45) is 18.3. The van der Waals surface area contributed by atoms with Crippen LogP contribution >= 0.6 is 0 Å². The van der Waals surface area contributed by atoms with E-state index in [9.17, 15) is 20.1 Å². The van der Waals surface area contributed by atoms with Gasteiger partial charge in [0.2, 0.25) is 0 Å². The van der Waals surface area contributed by atoms with Crippen LogP contribution in [0.15, 0.2) is 24.3 Å². The molecule has 0 aliphatic carbocycles. The van der Waals surface area contributed by atoms with E-state index in [1.807, 2.05) is 6.92 Å². The van der Waals surface area contributed by atoms with Crippen molar-refractivity contribution in [1.82, 2.24) is 0 Å². The summed E-state index contributed by atoms with van der Waals surface area (Å²) in [7, 11) is 0. The number of unbranched alkanes of at least 4 members (excludes halogenated alkanes) is 6. The number of ether oxygens (including phenoxy) is 1. The van der Waals surface area contributed by atoms with Gasteiger partial charge in [-0.3, -0.25) is 4.79 Å². The summed E-state index contributed by atoms with van der Waals surface area (Å²) in [6, 6.07) is 0. The van der Waals surface area contributed by atoms with Crippen LogP contribution in [0.2, 0.25) is 0 Å². The fraction of sp³-hybridized carbons (Fsp3) is 0.783. The predicted octanol–water partition coefficient (Wildman–Crippen LogP) is 4.30. The summed E-state index contributed by atoms with van der Waals surface area (Å²) in [5, 5.41) is 29.5. The molecule has 5 heteroatoms. The number of aliphatic hydroxyl groups excluding tert-OH is 3. The Balaban J connectivity index is 4.01. The minimum absolute atomic E-state index is 0.216. The lowest BCUT2D eigenvalue weighted by Crippen LogP contribution is -2.49. The molecular formula is C23H42O5. The van der Waals surface area contributed by atoms with Gasteiger partial charge in [-0.05, 0) is 44.9 Å². The van der Waals surface area contributed by atoms with E-state index in [-0.39, 0.29) is 6.61 Å². The molecule has 0 aromatic carbocycles. The molecule has 0 spiro atoms. The largest absolute Gasteiger partial charge is 0.465 e. The molecule has 0 saturated heterocycles. The Morgan fingerprint density at radius 1 is 0.893 bits per heavy atom. The fourth-order valence-corrected chi connectivity index (χ4v) is 2.94. The summed E-state index contributed by atoms with van der Waals surface area (Å²) in [6.45, 7) is 3.05. The third kappa shape index (κ3) is 11.0. The summed E-state index contributed by atoms with van der Waals surface area (Å²) < 4.78 is 5.04. The van der Waals surface area contributed by atoms with Crippen molar-refractivity contribution in [3.8, 4) is 0 Å². The zero-order valence-corrected chi connectivity index (χ0v) is 17.9. The molecule has 164 valence electrons. The highest BCUT2D eigenvalue weighted by Gasteiger charge is 2.45. The van der Waals surface area contributed by atoms with Crippen molar-refractivity contribution in [2.75, 3.05) is 19.8 Å². The minimum atomic E-state index is -1.63. The van der Waals surface area contributed by atoms with E-state index in [4.69, 9.17) is 4.74 Å². The number of hydrogen-bond donors (Lipinski definition) is 3. The van der Waals surface area contributed by atoms with E-state index < -0.39 is 30.7 Å². The Hall–Kier alpha value is -1.17. The van der Waals surface area contributed by atoms with Crippen LogP contribution in [0, 0.1) is 5.41 Å². The molecule has 3 N–H and O–H groups in total. The Morgan fingerprint density at radius 2 is 1.50 bits per heavy atom. The summed E-state index contributed by atoms with van der Waals surface area (Å²) in [4.78, 5) is 12.1. The molecule has 0 amide bonds. The standard InChI is InChI=1S/C23H42O5/c1-3-5-6-7-8-9-10-11-12-13-14-15-16-17-21(26)23(19-24,20-25)22(27)28-18-4-2/h8-9,11-12,21,24-26H,3-7,10,13-20H2,1-2H3/b9-8-,12-11-. The van der Waals surface area contributed by atoms with Crippen LogP contribution in [0.1, 0.15) is 84.5 Å². The third-order valence-corrected chi connectivity index (χ3v) is 4.97. The van der Waals surface area contributed by atoms with Crippen LogP contribution in [0.3, 0.4) is 0 Å². The van der Waals surface area contributed by atoms with Crippen LogP contribution in [-0.4, -0.2) is 47.2 Å². The molecule has 0 heterocycles. The van der Waals surface area contributed by atoms with Gasteiger partial charge in [0.05, 0.1) is 25.9 Å². The third-order valence-electron chi connectivity index (χ3n) is 4.97. The zero-order chi connectivity index (χ0) is 21.1. The van der Waals surface area contributed by atoms with E-state index in [2.05, 4.69) is 31.2 Å². The number of aliphatic hydroxyl groups is 3. The highest BCUT2D eigenvalue weighted by atomic mass is 16.5. The zero-order valence-electron chi connectivity index (χ0n) is 17.9. The van der Waals surface area contributed by atoms with E-state index in [1.54, 1.807) is 0 Å². The Labute approximate surface area is 171 Å². The van der Waals surface area contributed by atoms with Crippen LogP contribution in [-0.2, 0) is 9.53 Å². The molecule has 0 saturated carbocycles. The van der Waals surface area contributed by atoms with Crippen molar-refractivity contribution < 1.29 is 24.9 Å². The van der Waals surface area contributed by atoms with Crippen LogP contribution in [0.25, 0.3) is 0 Å². The lowest BCUT2D eigenvalue weighted by Gasteiger charge is -2.32. The van der Waals surface area contributed by atoms with E-state index in [0.717, 1.165) is 32.1 Å². The van der Waals surface area contributed by atoms with Crippen LogP contribution in [0.5, 0.6) is 0 Å². The van der Waals surface area contributed by atoms with Crippen molar-refractivity contribution >= 4 is 5.97 Å². The number of esters is 1. The molecule has 0 rings (SSSR count). The molecule has 0 aliphatic rings. The molecule has 0 bridgehead atoms. The Kier molecular flexibility index (Phi) is 17.1. The number of allylic oxidation sites excluding steroid dienone is 4. The van der Waals surface area contributed by atoms with Crippen molar-refractivity contribution in [1.29, 1.82) is 0 Å². The van der Waals surface area contributed by atoms with E-state index in [0.29, 0.717) is 12.8 Å². The molecule has 0 aromatic heterocycles. The number of carbonyl (C=O) groups excluding carboxylic acids is 1. The van der Waals surface area contributed by atoms with Crippen molar-refractivity contribution in [2.45, 2.75) is 90.6 Å². The van der Waals surface area contributed by atoms with E-state index in [1.165, 1.54) is 25.7 Å². The number of hydrogen-bond acceptors (Lipinski definition) is 5. The maximum absolute atomic E-state index is 12.1. The minimum Gasteiger partial charge on any atom is -0.465 e. The SMILES string of the molecule is CCCCC/C=C\C/C=C\CCCCCC(O)C(CO)(CO)C(=O)OCCC. The fourth-order valence-electron chi connectivity index (χ4n) is 2.94. The highest BCUT2D eigenvalue weighted by molar-refractivity contribution is 5.78. The van der Waals surface area contributed by atoms with Gasteiger partial charge in [0.15, 0.2) is 0 Å². The lowest BCUT2D eigenvalue weighted by molar-refractivity contribution is -0.173. The second-order valence-corrected chi connectivity index (χ2v) is 7.44. The predicted molar refractivity (Wildman–Crippen MR) is 114 cm³/mol. The average Bonchev–Trinajstić information content (AvgIpc) is 2.71. The first-order chi connectivity index (χ1) is 13.6. The Bertz CT molecular complexity index is 427. The topological polar surface area (TPSA) is 87.0 Å². The molecule has 0 aromatic rings. The van der Waals surface area contributed by atoms with Crippen molar-refractivity contribution in [3.63, 3.8) is 0 Å². The quantitative estimate of drug-likeness (QED) is 0.182. The molecular weight excluding hydrogens is 356 g/mol. The second kappa shape index (κ2) is 17.9. The van der Waals surface area contributed by atoms with Gasteiger partial charge in [-0.25, -0.2) is 0 Å². The first-order valence-corrected chi connectivity index (χ1v) is 11.0. The van der Waals surface area contributed by atoms with Crippen LogP contribution in [0.4, 0.5) is 0 Å². The van der Waals surface area contributed by atoms with Gasteiger partial charge in [0, 0.05) is 0 Å². The molecule has 0 radical (unpaired) electrons. The van der Waals surface area contributed by atoms with Gasteiger partial charge >= 0.3 is 5.97 Å². The van der Waals surface area contributed by atoms with Gasteiger partial charge in [0.1, 0.15) is 5.41 Å². The first kappa shape index (κ1) is 26.8. The normalized spacial score (nSPS) is 13.5. The summed E-state index contributed by atoms with van der Waals surface area (Å²) in [5.41, 5.74) is -1.63. The summed E-state index contributed by atoms with van der Waals surface area (Å²) >= 11 is 0. The van der Waals surface area contributed by atoms with Crippen LogP contribution < -0.4 is 0 Å². The average molecular weight is 399 g/mol. The number of rotatable bonds is 18. The molecule has 5 nitrogen and oxygen atoms in total. The molecule has 0 aliphatic heterocycles. The summed E-state index contributed by atoms with van der Waals surface area (Å²) in [5.74, 6) is -0.725. The Morgan fingerprint density at radius 3 is 2.04 bits per heavy atom. The smallest absolute Gasteiger partial charge is 0.319 e. The molecule has 0 fully saturated rings. The first-order valence-electron chi connectivity index (χ1n) is 11.0. The van der Waals surface area contributed by atoms with E-state index >= 15 is 0 Å². The monoisotopic (exact) mass is 398 g/mol. The van der Waals surface area contributed by atoms with Crippen molar-refractivity contribution in [3.05, 3.63) is 24.3 Å². The molecule has 28 heavy (non-hydrogen) atoms. The maximum atomic E-state index is 12.1. The van der Waals surface area contributed by atoms with Gasteiger partial charge < -0.3 is 20.1 Å². The van der Waals surface area contributed by atoms with Gasteiger partial charge in [-0.1, -0.05) is 63.8 Å². The lowest BCUT2D eigenvalue weighted by atomic mass is 9.81.